The fraction of sp³-hybridized carbons (Fsp3) is 0.143. The van der Waals surface area contributed by atoms with Gasteiger partial charge in [0, 0.05) is 21.2 Å². The molecule has 0 radical (unpaired) electrons. The summed E-state index contributed by atoms with van der Waals surface area (Å²) in [5.41, 5.74) is 0.0536. The Morgan fingerprint density at radius 2 is 1.62 bits per heavy atom. The third-order valence-corrected chi connectivity index (χ3v) is 6.48. The number of benzene rings is 3. The van der Waals surface area contributed by atoms with E-state index in [2.05, 4.69) is 11.7 Å². The average Bonchev–Trinajstić information content (AvgIpc) is 3.19. The first-order valence-corrected chi connectivity index (χ1v) is 12.3. The Labute approximate surface area is 235 Å². The third-order valence-electron chi connectivity index (χ3n) is 5.90. The number of allylic oxidation sites excluding steroid dienone is 1. The van der Waals surface area contributed by atoms with Gasteiger partial charge in [-0.15, -0.1) is 6.58 Å². The number of hydrazone groups is 1. The van der Waals surface area contributed by atoms with Crippen LogP contribution in [0, 0.1) is 29.1 Å². The van der Waals surface area contributed by atoms with Crippen molar-refractivity contribution in [1.82, 2.24) is 0 Å². The number of hydrogen-bond donors (Lipinski definition) is 0. The van der Waals surface area contributed by atoms with Crippen molar-refractivity contribution in [3.8, 4) is 11.5 Å². The van der Waals surface area contributed by atoms with Crippen LogP contribution in [0.4, 0.5) is 27.6 Å². The van der Waals surface area contributed by atoms with E-state index in [1.807, 2.05) is 0 Å². The Morgan fingerprint density at radius 3 is 2.23 bits per heavy atom. The van der Waals surface area contributed by atoms with Crippen molar-refractivity contribution in [1.29, 1.82) is 0 Å². The SMILES string of the molecule is C=CCc1cc(/C=C2/C(=O)N(c3c(F)c(F)c(F)c(F)c3F)N=C2C)cc(OC)c1OCc1ccc(Cl)cc1Cl. The highest BCUT2D eigenvalue weighted by molar-refractivity contribution is 6.35. The van der Waals surface area contributed by atoms with Crippen LogP contribution in [-0.2, 0) is 17.8 Å². The van der Waals surface area contributed by atoms with Crippen molar-refractivity contribution >= 4 is 46.6 Å². The lowest BCUT2D eigenvalue weighted by molar-refractivity contribution is -0.114. The molecular weight excluding hydrogens is 578 g/mol. The number of amides is 1. The minimum absolute atomic E-state index is 0.0177. The van der Waals surface area contributed by atoms with Gasteiger partial charge in [-0.2, -0.15) is 10.1 Å². The van der Waals surface area contributed by atoms with E-state index in [0.717, 1.165) is 0 Å². The van der Waals surface area contributed by atoms with Gasteiger partial charge in [-0.1, -0.05) is 35.3 Å². The summed E-state index contributed by atoms with van der Waals surface area (Å²) in [6.07, 6.45) is 3.29. The summed E-state index contributed by atoms with van der Waals surface area (Å²) in [5, 5.41) is 4.77. The van der Waals surface area contributed by atoms with Crippen LogP contribution in [0.2, 0.25) is 10.0 Å². The molecular formula is C28H19Cl2F5N2O3. The topological polar surface area (TPSA) is 51.1 Å². The molecule has 3 aromatic rings. The second-order valence-electron chi connectivity index (χ2n) is 8.51. The van der Waals surface area contributed by atoms with Crippen LogP contribution < -0.4 is 14.5 Å². The average molecular weight is 597 g/mol. The molecule has 1 aliphatic heterocycles. The van der Waals surface area contributed by atoms with Crippen molar-refractivity contribution < 1.29 is 36.2 Å². The molecule has 3 aromatic carbocycles. The molecule has 0 unspecified atom stereocenters. The highest BCUT2D eigenvalue weighted by Crippen LogP contribution is 2.37. The number of halogens is 7. The Kier molecular flexibility index (Phi) is 8.51. The maximum atomic E-state index is 14.4. The van der Waals surface area contributed by atoms with Crippen LogP contribution in [0.15, 0.2) is 53.7 Å². The predicted octanol–water partition coefficient (Wildman–Crippen LogP) is 7.81. The number of ether oxygens (including phenoxy) is 2. The molecule has 0 atom stereocenters. The van der Waals surface area contributed by atoms with E-state index in [1.165, 1.54) is 20.1 Å². The highest BCUT2D eigenvalue weighted by atomic mass is 35.5. The molecule has 0 spiro atoms. The molecule has 1 heterocycles. The summed E-state index contributed by atoms with van der Waals surface area (Å²) in [6.45, 7) is 5.18. The van der Waals surface area contributed by atoms with E-state index in [9.17, 15) is 26.7 Å². The maximum Gasteiger partial charge on any atom is 0.280 e. The summed E-state index contributed by atoms with van der Waals surface area (Å²) in [6, 6.07) is 8.17. The minimum Gasteiger partial charge on any atom is -0.493 e. The zero-order valence-corrected chi connectivity index (χ0v) is 22.4. The number of hydrogen-bond acceptors (Lipinski definition) is 4. The van der Waals surface area contributed by atoms with Crippen LogP contribution in [0.5, 0.6) is 11.5 Å². The third kappa shape index (κ3) is 5.41. The molecule has 12 heteroatoms. The summed E-state index contributed by atoms with van der Waals surface area (Å²) in [4.78, 5) is 13.1. The molecule has 1 aliphatic rings. The van der Waals surface area contributed by atoms with Crippen LogP contribution in [0.3, 0.4) is 0 Å². The Balaban J connectivity index is 1.71. The van der Waals surface area contributed by atoms with Gasteiger partial charge in [0.15, 0.2) is 34.8 Å². The highest BCUT2D eigenvalue weighted by Gasteiger charge is 2.37. The van der Waals surface area contributed by atoms with Gasteiger partial charge in [0.2, 0.25) is 5.82 Å². The Bertz CT molecular complexity index is 1580. The minimum atomic E-state index is -2.34. The molecule has 1 amide bonds. The largest absolute Gasteiger partial charge is 0.493 e. The lowest BCUT2D eigenvalue weighted by Gasteiger charge is -2.17. The number of methoxy groups -OCH3 is 1. The van der Waals surface area contributed by atoms with Gasteiger partial charge in [0.1, 0.15) is 12.3 Å². The molecule has 5 nitrogen and oxygen atoms in total. The Hall–Kier alpha value is -3.89. The molecule has 0 fully saturated rings. The second-order valence-corrected chi connectivity index (χ2v) is 9.35. The molecule has 0 aliphatic carbocycles. The molecule has 0 aromatic heterocycles. The number of nitrogens with zero attached hydrogens (tertiary/aromatic N) is 2. The molecule has 0 N–H and O–H groups in total. The number of anilines is 1. The van der Waals surface area contributed by atoms with Gasteiger partial charge in [-0.3, -0.25) is 4.79 Å². The summed E-state index contributed by atoms with van der Waals surface area (Å²) >= 11 is 12.2. The molecule has 0 bridgehead atoms. The lowest BCUT2D eigenvalue weighted by Crippen LogP contribution is -2.25. The first-order chi connectivity index (χ1) is 19.0. The number of rotatable bonds is 8. The fourth-order valence-electron chi connectivity index (χ4n) is 3.96. The number of carbonyl (C=O) groups excluding carboxylic acids is 1. The standard InChI is InChI=1S/C28H19Cl2F5N2O3/c1-4-5-15-8-14(10-20(39-3)27(15)40-12-16-6-7-17(29)11-19(16)30)9-18-13(2)36-37(28(18)38)26-24(34)22(32)21(31)23(33)25(26)35/h4,6-11H,1,5,12H2,2-3H3/b18-9+. The molecule has 4 rings (SSSR count). The van der Waals surface area contributed by atoms with E-state index in [0.29, 0.717) is 38.9 Å². The monoisotopic (exact) mass is 596 g/mol. The smallest absolute Gasteiger partial charge is 0.280 e. The van der Waals surface area contributed by atoms with Crippen molar-refractivity contribution in [2.24, 2.45) is 5.10 Å². The van der Waals surface area contributed by atoms with Crippen LogP contribution in [0.1, 0.15) is 23.6 Å². The van der Waals surface area contributed by atoms with E-state index in [1.54, 1.807) is 36.4 Å². The Morgan fingerprint density at radius 1 is 0.975 bits per heavy atom. The zero-order chi connectivity index (χ0) is 29.3. The van der Waals surface area contributed by atoms with E-state index >= 15 is 0 Å². The maximum absolute atomic E-state index is 14.4. The van der Waals surface area contributed by atoms with Crippen LogP contribution in [-0.4, -0.2) is 18.7 Å². The summed E-state index contributed by atoms with van der Waals surface area (Å²) in [7, 11) is 1.41. The van der Waals surface area contributed by atoms with Crippen LogP contribution >= 0.6 is 23.2 Å². The molecule has 208 valence electrons. The van der Waals surface area contributed by atoms with E-state index < -0.39 is 40.7 Å². The van der Waals surface area contributed by atoms with Gasteiger partial charge < -0.3 is 9.47 Å². The van der Waals surface area contributed by atoms with Crippen molar-refractivity contribution in [2.45, 2.75) is 20.0 Å². The molecule has 0 saturated carbocycles. The van der Waals surface area contributed by atoms with Crippen molar-refractivity contribution in [3.63, 3.8) is 0 Å². The quantitative estimate of drug-likeness (QED) is 0.0876. The summed E-state index contributed by atoms with van der Waals surface area (Å²) < 4.78 is 81.3. The first kappa shape index (κ1) is 29.1. The predicted molar refractivity (Wildman–Crippen MR) is 142 cm³/mol. The van der Waals surface area contributed by atoms with E-state index in [-0.39, 0.29) is 28.7 Å². The fourth-order valence-corrected chi connectivity index (χ4v) is 4.42. The van der Waals surface area contributed by atoms with E-state index in [4.69, 9.17) is 32.7 Å². The van der Waals surface area contributed by atoms with Gasteiger partial charge in [0.25, 0.3) is 5.91 Å². The number of carbonyl (C=O) groups is 1. The lowest BCUT2D eigenvalue weighted by atomic mass is 10.0. The van der Waals surface area contributed by atoms with Crippen molar-refractivity contribution in [3.05, 3.63) is 104 Å². The second kappa shape index (κ2) is 11.7. The summed E-state index contributed by atoms with van der Waals surface area (Å²) in [5.74, 6) is -11.5. The van der Waals surface area contributed by atoms with Gasteiger partial charge >= 0.3 is 0 Å². The zero-order valence-electron chi connectivity index (χ0n) is 20.9. The van der Waals surface area contributed by atoms with Gasteiger partial charge in [-0.25, -0.2) is 22.0 Å². The van der Waals surface area contributed by atoms with Gasteiger partial charge in [0.05, 0.1) is 18.4 Å². The van der Waals surface area contributed by atoms with Crippen LogP contribution in [0.25, 0.3) is 6.08 Å². The normalized spacial score (nSPS) is 14.1. The molecule has 40 heavy (non-hydrogen) atoms. The van der Waals surface area contributed by atoms with Gasteiger partial charge in [-0.05, 0) is 49.2 Å². The first-order valence-electron chi connectivity index (χ1n) is 11.5. The molecule has 0 saturated heterocycles. The van der Waals surface area contributed by atoms with Crippen molar-refractivity contribution in [2.75, 3.05) is 12.1 Å².